The second kappa shape index (κ2) is 3.56. The number of rotatable bonds is 2. The van der Waals surface area contributed by atoms with Crippen molar-refractivity contribution in [2.75, 3.05) is 6.61 Å². The highest BCUT2D eigenvalue weighted by Crippen LogP contribution is 2.51. The standard InChI is InChI=1S/C14H18O3/c1-5-17-11(15)9-8-14(4)7-6-10(9)13(2,3)12(14)16/h6-8,10H,5H2,1-4H3. The van der Waals surface area contributed by atoms with Crippen LogP contribution in [0.2, 0.25) is 0 Å². The van der Waals surface area contributed by atoms with Gasteiger partial charge in [0.1, 0.15) is 0 Å². The summed E-state index contributed by atoms with van der Waals surface area (Å²) in [5.74, 6) is -0.282. The Morgan fingerprint density at radius 1 is 1.41 bits per heavy atom. The molecule has 0 aromatic heterocycles. The molecule has 3 nitrogen and oxygen atoms in total. The highest BCUT2D eigenvalue weighted by atomic mass is 16.5. The van der Waals surface area contributed by atoms with E-state index in [0.29, 0.717) is 12.2 Å². The third-order valence-electron chi connectivity index (χ3n) is 3.79. The molecule has 0 saturated carbocycles. The Morgan fingerprint density at radius 3 is 2.59 bits per heavy atom. The Bertz CT molecular complexity index is 442. The summed E-state index contributed by atoms with van der Waals surface area (Å²) in [6.07, 6.45) is 5.63. The number of hydrogen-bond donors (Lipinski definition) is 0. The van der Waals surface area contributed by atoms with Gasteiger partial charge in [0, 0.05) is 16.9 Å². The van der Waals surface area contributed by atoms with Gasteiger partial charge in [0.15, 0.2) is 5.78 Å². The molecule has 0 heterocycles. The molecule has 0 spiro atoms. The van der Waals surface area contributed by atoms with E-state index < -0.39 is 10.8 Å². The topological polar surface area (TPSA) is 43.4 Å². The largest absolute Gasteiger partial charge is 0.463 e. The van der Waals surface area contributed by atoms with Gasteiger partial charge in [-0.15, -0.1) is 0 Å². The smallest absolute Gasteiger partial charge is 0.334 e. The van der Waals surface area contributed by atoms with Crippen LogP contribution in [0, 0.1) is 16.7 Å². The highest BCUT2D eigenvalue weighted by molar-refractivity contribution is 6.02. The Hall–Kier alpha value is -1.38. The van der Waals surface area contributed by atoms with Crippen LogP contribution in [0.15, 0.2) is 23.8 Å². The summed E-state index contributed by atoms with van der Waals surface area (Å²) in [6, 6.07) is 0. The number of carbonyl (C=O) groups is 2. The molecular weight excluding hydrogens is 216 g/mol. The Kier molecular flexibility index (Phi) is 2.53. The van der Waals surface area contributed by atoms with Gasteiger partial charge >= 0.3 is 5.97 Å². The zero-order chi connectivity index (χ0) is 12.8. The number of ether oxygens (including phenoxy) is 1. The zero-order valence-corrected chi connectivity index (χ0v) is 10.7. The number of ketones is 1. The molecule has 0 fully saturated rings. The van der Waals surface area contributed by atoms with Crippen molar-refractivity contribution in [3.8, 4) is 0 Å². The minimum Gasteiger partial charge on any atom is -0.463 e. The first kappa shape index (κ1) is 12.1. The summed E-state index contributed by atoms with van der Waals surface area (Å²) in [6.45, 7) is 7.79. The molecule has 92 valence electrons. The lowest BCUT2D eigenvalue weighted by Crippen LogP contribution is -2.50. The summed E-state index contributed by atoms with van der Waals surface area (Å²) >= 11 is 0. The summed E-state index contributed by atoms with van der Waals surface area (Å²) < 4.78 is 5.06. The fraction of sp³-hybridized carbons (Fsp3) is 0.571. The van der Waals surface area contributed by atoms with Gasteiger partial charge in [0.2, 0.25) is 0 Å². The number of Topliss-reactive ketones (excluding diaryl/α,β-unsaturated/α-hetero) is 1. The summed E-state index contributed by atoms with van der Waals surface area (Å²) in [5, 5.41) is 0. The van der Waals surface area contributed by atoms with Crippen LogP contribution < -0.4 is 0 Å². The van der Waals surface area contributed by atoms with Crippen LogP contribution in [0.5, 0.6) is 0 Å². The van der Waals surface area contributed by atoms with Crippen LogP contribution in [0.1, 0.15) is 27.7 Å². The van der Waals surface area contributed by atoms with Gasteiger partial charge in [-0.1, -0.05) is 32.1 Å². The SMILES string of the molecule is CCOC(=O)C1=CC2(C)C=CC1C(C)(C)C2=O. The quantitative estimate of drug-likeness (QED) is 0.544. The summed E-state index contributed by atoms with van der Waals surface area (Å²) in [5.41, 5.74) is -0.554. The van der Waals surface area contributed by atoms with E-state index in [9.17, 15) is 9.59 Å². The third kappa shape index (κ3) is 1.56. The van der Waals surface area contributed by atoms with Gasteiger partial charge in [-0.2, -0.15) is 0 Å². The Labute approximate surface area is 102 Å². The van der Waals surface area contributed by atoms with Gasteiger partial charge in [0.05, 0.1) is 12.0 Å². The number of fused-ring (bicyclic) bond motifs is 1. The van der Waals surface area contributed by atoms with Crippen molar-refractivity contribution >= 4 is 11.8 Å². The number of hydrogen-bond acceptors (Lipinski definition) is 3. The summed E-state index contributed by atoms with van der Waals surface area (Å²) in [4.78, 5) is 24.2. The first-order valence-electron chi connectivity index (χ1n) is 5.97. The van der Waals surface area contributed by atoms with Crippen LogP contribution >= 0.6 is 0 Å². The minimum atomic E-state index is -0.652. The van der Waals surface area contributed by atoms with E-state index in [1.807, 2.05) is 32.9 Å². The van der Waals surface area contributed by atoms with Gasteiger partial charge in [-0.25, -0.2) is 4.79 Å². The molecule has 3 aliphatic rings. The lowest BCUT2D eigenvalue weighted by atomic mass is 9.55. The van der Waals surface area contributed by atoms with Crippen molar-refractivity contribution in [1.82, 2.24) is 0 Å². The van der Waals surface area contributed by atoms with Crippen molar-refractivity contribution in [3.63, 3.8) is 0 Å². The van der Waals surface area contributed by atoms with E-state index in [1.165, 1.54) is 0 Å². The molecule has 0 N–H and O–H groups in total. The average Bonchev–Trinajstić information content (AvgIpc) is 2.26. The molecule has 0 aromatic rings. The third-order valence-corrected chi connectivity index (χ3v) is 3.79. The lowest BCUT2D eigenvalue weighted by Gasteiger charge is -2.46. The van der Waals surface area contributed by atoms with Crippen LogP contribution in [0.3, 0.4) is 0 Å². The maximum Gasteiger partial charge on any atom is 0.334 e. The monoisotopic (exact) mass is 234 g/mol. The molecule has 3 rings (SSSR count). The van der Waals surface area contributed by atoms with Crippen molar-refractivity contribution in [3.05, 3.63) is 23.8 Å². The first-order valence-corrected chi connectivity index (χ1v) is 5.97. The Morgan fingerprint density at radius 2 is 2.06 bits per heavy atom. The highest BCUT2D eigenvalue weighted by Gasteiger charge is 2.53. The van der Waals surface area contributed by atoms with E-state index in [2.05, 4.69) is 0 Å². The van der Waals surface area contributed by atoms with Crippen LogP contribution in [0.25, 0.3) is 0 Å². The fourth-order valence-electron chi connectivity index (χ4n) is 2.87. The predicted molar refractivity (Wildman–Crippen MR) is 64.2 cm³/mol. The number of allylic oxidation sites excluding steroid dienone is 3. The number of esters is 1. The molecule has 3 aliphatic carbocycles. The van der Waals surface area contributed by atoms with Gasteiger partial charge < -0.3 is 4.74 Å². The van der Waals surface area contributed by atoms with Crippen molar-refractivity contribution < 1.29 is 14.3 Å². The fourth-order valence-corrected chi connectivity index (χ4v) is 2.87. The molecule has 2 unspecified atom stereocenters. The van der Waals surface area contributed by atoms with Gasteiger partial charge in [0.25, 0.3) is 0 Å². The van der Waals surface area contributed by atoms with Crippen molar-refractivity contribution in [2.24, 2.45) is 16.7 Å². The maximum atomic E-state index is 12.3. The predicted octanol–water partition coefficient (Wildman–Crippen LogP) is 2.28. The van der Waals surface area contributed by atoms with Gasteiger partial charge in [-0.05, 0) is 13.8 Å². The molecule has 0 amide bonds. The molecule has 17 heavy (non-hydrogen) atoms. The van der Waals surface area contributed by atoms with Crippen LogP contribution in [-0.2, 0) is 14.3 Å². The molecule has 2 atom stereocenters. The number of carbonyl (C=O) groups excluding carboxylic acids is 2. The lowest BCUT2D eigenvalue weighted by molar-refractivity contribution is -0.142. The van der Waals surface area contributed by atoms with E-state index in [1.54, 1.807) is 13.0 Å². The minimum absolute atomic E-state index is 0.157. The summed E-state index contributed by atoms with van der Waals surface area (Å²) in [7, 11) is 0. The molecule has 0 aromatic carbocycles. The van der Waals surface area contributed by atoms with E-state index >= 15 is 0 Å². The molecule has 0 saturated heterocycles. The average molecular weight is 234 g/mol. The second-order valence-corrected chi connectivity index (χ2v) is 5.49. The van der Waals surface area contributed by atoms with Crippen LogP contribution in [-0.4, -0.2) is 18.4 Å². The van der Waals surface area contributed by atoms with Gasteiger partial charge in [-0.3, -0.25) is 4.79 Å². The van der Waals surface area contributed by atoms with Crippen molar-refractivity contribution in [1.29, 1.82) is 0 Å². The van der Waals surface area contributed by atoms with Crippen LogP contribution in [0.4, 0.5) is 0 Å². The van der Waals surface area contributed by atoms with E-state index in [0.717, 1.165) is 0 Å². The van der Waals surface area contributed by atoms with E-state index in [4.69, 9.17) is 4.74 Å². The first-order chi connectivity index (χ1) is 7.83. The normalized spacial score (nSPS) is 33.5. The second-order valence-electron chi connectivity index (χ2n) is 5.49. The maximum absolute atomic E-state index is 12.3. The zero-order valence-electron chi connectivity index (χ0n) is 10.7. The molecule has 3 heteroatoms. The Balaban J connectivity index is 2.46. The molecule has 2 bridgehead atoms. The van der Waals surface area contributed by atoms with Crippen molar-refractivity contribution in [2.45, 2.75) is 27.7 Å². The van der Waals surface area contributed by atoms with E-state index in [-0.39, 0.29) is 17.7 Å². The molecule has 0 aliphatic heterocycles. The molecule has 0 radical (unpaired) electrons. The molecular formula is C14H18O3.